The molecule has 5 nitrogen and oxygen atoms in total. The van der Waals surface area contributed by atoms with Crippen molar-refractivity contribution in [1.82, 2.24) is 10.3 Å². The molecule has 0 fully saturated rings. The van der Waals surface area contributed by atoms with E-state index in [1.807, 2.05) is 53.2 Å². The maximum absolute atomic E-state index is 13.4. The Bertz CT molecular complexity index is 1520. The summed E-state index contributed by atoms with van der Waals surface area (Å²) in [5, 5.41) is 18.8. The molecule has 0 spiro atoms. The Morgan fingerprint density at radius 1 is 1.05 bits per heavy atom. The SMILES string of the molecule is O=C1NC(c2ccsc2)(c2cccc(Oc3ccc4c(c3)CCC4)n2)CC(O)=C1Sc1ccccc1Cl. The Balaban J connectivity index is 1.35. The summed E-state index contributed by atoms with van der Waals surface area (Å²) in [6, 6.07) is 20.9. The molecule has 3 heterocycles. The third-order valence-corrected chi connectivity index (χ3v) is 9.07. The Labute approximate surface area is 228 Å². The van der Waals surface area contributed by atoms with Gasteiger partial charge in [-0.15, -0.1) is 0 Å². The van der Waals surface area contributed by atoms with Gasteiger partial charge in [-0.25, -0.2) is 4.98 Å². The van der Waals surface area contributed by atoms with Crippen LogP contribution in [0.1, 0.15) is 35.2 Å². The normalized spacial score (nSPS) is 19.0. The molecule has 2 aromatic carbocycles. The van der Waals surface area contributed by atoms with Crippen molar-refractivity contribution in [2.75, 3.05) is 0 Å². The zero-order valence-electron chi connectivity index (χ0n) is 19.7. The first-order valence-corrected chi connectivity index (χ1v) is 14.1. The van der Waals surface area contributed by atoms with Gasteiger partial charge in [-0.05, 0) is 83.1 Å². The van der Waals surface area contributed by atoms with E-state index in [1.54, 1.807) is 12.1 Å². The number of carbonyl (C=O) groups is 1. The molecular weight excluding hydrogens is 524 g/mol. The molecule has 6 rings (SSSR count). The van der Waals surface area contributed by atoms with E-state index in [0.29, 0.717) is 21.5 Å². The van der Waals surface area contributed by atoms with Crippen molar-refractivity contribution in [3.8, 4) is 11.6 Å². The molecule has 1 aliphatic carbocycles. The van der Waals surface area contributed by atoms with Gasteiger partial charge in [0.15, 0.2) is 0 Å². The average molecular weight is 547 g/mol. The summed E-state index contributed by atoms with van der Waals surface area (Å²) in [7, 11) is 0. The maximum Gasteiger partial charge on any atom is 0.262 e. The Hall–Kier alpha value is -3.26. The molecule has 0 bridgehead atoms. The highest BCUT2D eigenvalue weighted by molar-refractivity contribution is 8.04. The van der Waals surface area contributed by atoms with Crippen LogP contribution in [0, 0.1) is 0 Å². The second kappa shape index (κ2) is 9.89. The van der Waals surface area contributed by atoms with Crippen molar-refractivity contribution in [3.05, 3.63) is 116 Å². The number of hydrogen-bond acceptors (Lipinski definition) is 6. The van der Waals surface area contributed by atoms with Crippen LogP contribution < -0.4 is 10.1 Å². The van der Waals surface area contributed by atoms with Gasteiger partial charge in [-0.3, -0.25) is 4.79 Å². The third-order valence-electron chi connectivity index (χ3n) is 6.74. The fourth-order valence-electron chi connectivity index (χ4n) is 4.93. The number of hydrogen-bond donors (Lipinski definition) is 2. The highest BCUT2D eigenvalue weighted by Gasteiger charge is 2.44. The summed E-state index contributed by atoms with van der Waals surface area (Å²) in [5.41, 5.74) is 3.10. The van der Waals surface area contributed by atoms with E-state index in [1.165, 1.54) is 28.9 Å². The molecule has 0 saturated carbocycles. The van der Waals surface area contributed by atoms with Crippen molar-refractivity contribution in [3.63, 3.8) is 0 Å². The number of pyridine rings is 1. The van der Waals surface area contributed by atoms with Crippen LogP contribution in [-0.2, 0) is 23.2 Å². The number of fused-ring (bicyclic) bond motifs is 1. The van der Waals surface area contributed by atoms with E-state index in [4.69, 9.17) is 21.3 Å². The van der Waals surface area contributed by atoms with Crippen LogP contribution in [0.15, 0.2) is 93.0 Å². The average Bonchev–Trinajstić information content (AvgIpc) is 3.60. The lowest BCUT2D eigenvalue weighted by molar-refractivity contribution is -0.119. The summed E-state index contributed by atoms with van der Waals surface area (Å²) in [6.07, 6.45) is 3.49. The molecule has 186 valence electrons. The summed E-state index contributed by atoms with van der Waals surface area (Å²) in [6.45, 7) is 0. The molecule has 2 N–H and O–H groups in total. The second-order valence-corrected chi connectivity index (χ2v) is 11.3. The lowest BCUT2D eigenvalue weighted by Crippen LogP contribution is -2.50. The van der Waals surface area contributed by atoms with Gasteiger partial charge in [0.25, 0.3) is 5.91 Å². The van der Waals surface area contributed by atoms with Crippen LogP contribution in [0.5, 0.6) is 11.6 Å². The molecule has 8 heteroatoms. The number of benzene rings is 2. The molecule has 1 amide bonds. The minimum Gasteiger partial charge on any atom is -0.511 e. The number of aryl methyl sites for hydroxylation is 2. The fraction of sp³-hybridized carbons (Fsp3) is 0.172. The monoisotopic (exact) mass is 546 g/mol. The van der Waals surface area contributed by atoms with Gasteiger partial charge in [0, 0.05) is 17.4 Å². The van der Waals surface area contributed by atoms with E-state index in [-0.39, 0.29) is 23.0 Å². The summed E-state index contributed by atoms with van der Waals surface area (Å²) >= 11 is 8.99. The number of carbonyl (C=O) groups excluding carboxylic acids is 1. The number of nitrogens with zero attached hydrogens (tertiary/aromatic N) is 1. The molecule has 4 aromatic rings. The molecular formula is C29H23ClN2O3S2. The number of ether oxygens (including phenoxy) is 1. The van der Waals surface area contributed by atoms with Crippen LogP contribution in [0.2, 0.25) is 5.02 Å². The quantitative estimate of drug-likeness (QED) is 0.263. The van der Waals surface area contributed by atoms with Crippen molar-refractivity contribution in [2.24, 2.45) is 0 Å². The number of rotatable bonds is 6. The molecule has 1 atom stereocenters. The van der Waals surface area contributed by atoms with Gasteiger partial charge in [0.05, 0.1) is 10.7 Å². The van der Waals surface area contributed by atoms with Crippen LogP contribution in [0.3, 0.4) is 0 Å². The molecule has 0 saturated heterocycles. The number of amides is 1. The van der Waals surface area contributed by atoms with E-state index in [2.05, 4.69) is 17.4 Å². The van der Waals surface area contributed by atoms with Gasteiger partial charge < -0.3 is 15.2 Å². The number of thiophene rings is 1. The minimum absolute atomic E-state index is 0.00777. The van der Waals surface area contributed by atoms with E-state index in [9.17, 15) is 9.90 Å². The number of aliphatic hydroxyl groups excluding tert-OH is 1. The van der Waals surface area contributed by atoms with Crippen LogP contribution in [-0.4, -0.2) is 16.0 Å². The van der Waals surface area contributed by atoms with Gasteiger partial charge in [0.1, 0.15) is 22.0 Å². The second-order valence-electron chi connectivity index (χ2n) is 9.10. The highest BCUT2D eigenvalue weighted by atomic mass is 35.5. The van der Waals surface area contributed by atoms with Crippen LogP contribution >= 0.6 is 34.7 Å². The van der Waals surface area contributed by atoms with Gasteiger partial charge >= 0.3 is 0 Å². The van der Waals surface area contributed by atoms with Crippen molar-refractivity contribution in [1.29, 1.82) is 0 Å². The standard InChI is InChI=1S/C29H23ClN2O3S2/c30-22-7-1-2-8-24(22)37-27-23(33)16-29(32-28(27)34,20-13-14-36-17-20)25-9-4-10-26(31-25)35-21-12-11-18-5-3-6-19(18)15-21/h1-2,4,7-15,17,33H,3,5-6,16H2,(H,32,34). The zero-order valence-corrected chi connectivity index (χ0v) is 22.1. The number of thioether (sulfide) groups is 1. The summed E-state index contributed by atoms with van der Waals surface area (Å²) in [5.74, 6) is 0.779. The molecule has 2 aromatic heterocycles. The predicted molar refractivity (Wildman–Crippen MR) is 148 cm³/mol. The summed E-state index contributed by atoms with van der Waals surface area (Å²) < 4.78 is 6.15. The van der Waals surface area contributed by atoms with E-state index in [0.717, 1.165) is 35.9 Å². The van der Waals surface area contributed by atoms with Gasteiger partial charge in [0.2, 0.25) is 5.88 Å². The summed E-state index contributed by atoms with van der Waals surface area (Å²) in [4.78, 5) is 19.2. The van der Waals surface area contributed by atoms with Crippen LogP contribution in [0.4, 0.5) is 0 Å². The molecule has 1 unspecified atom stereocenters. The largest absolute Gasteiger partial charge is 0.511 e. The first kappa shape index (κ1) is 24.1. The number of halogens is 1. The van der Waals surface area contributed by atoms with E-state index >= 15 is 0 Å². The van der Waals surface area contributed by atoms with Gasteiger partial charge in [-0.2, -0.15) is 11.3 Å². The Morgan fingerprint density at radius 3 is 2.73 bits per heavy atom. The lowest BCUT2D eigenvalue weighted by Gasteiger charge is -2.37. The Morgan fingerprint density at radius 2 is 1.92 bits per heavy atom. The first-order chi connectivity index (χ1) is 18.0. The topological polar surface area (TPSA) is 71.5 Å². The van der Waals surface area contributed by atoms with Crippen molar-refractivity contribution in [2.45, 2.75) is 36.1 Å². The first-order valence-electron chi connectivity index (χ1n) is 12.0. The Kier molecular flexibility index (Phi) is 6.44. The van der Waals surface area contributed by atoms with Crippen molar-refractivity contribution < 1.29 is 14.6 Å². The molecule has 2 aliphatic rings. The lowest BCUT2D eigenvalue weighted by atomic mass is 9.82. The smallest absolute Gasteiger partial charge is 0.262 e. The maximum atomic E-state index is 13.4. The third kappa shape index (κ3) is 4.63. The van der Waals surface area contributed by atoms with Crippen molar-refractivity contribution >= 4 is 40.6 Å². The highest BCUT2D eigenvalue weighted by Crippen LogP contribution is 2.44. The minimum atomic E-state index is -1.04. The number of aliphatic hydroxyl groups is 1. The predicted octanol–water partition coefficient (Wildman–Crippen LogP) is 7.40. The van der Waals surface area contributed by atoms with Crippen LogP contribution in [0.25, 0.3) is 0 Å². The fourth-order valence-corrected chi connectivity index (χ4v) is 6.77. The van der Waals surface area contributed by atoms with E-state index < -0.39 is 5.54 Å². The van der Waals surface area contributed by atoms with Gasteiger partial charge in [-0.1, -0.05) is 47.6 Å². The number of nitrogens with one attached hydrogen (secondary N) is 1. The molecule has 1 aliphatic heterocycles. The molecule has 37 heavy (non-hydrogen) atoms. The number of aromatic nitrogens is 1. The molecule has 0 radical (unpaired) electrons. The zero-order chi connectivity index (χ0) is 25.4.